The summed E-state index contributed by atoms with van der Waals surface area (Å²) in [6, 6.07) is 15.4. The lowest BCUT2D eigenvalue weighted by Gasteiger charge is -2.25. The molecule has 1 aliphatic rings. The Kier molecular flexibility index (Phi) is 8.49. The van der Waals surface area contributed by atoms with Crippen LogP contribution in [0.3, 0.4) is 0 Å². The molecule has 194 valence electrons. The molecule has 0 bridgehead atoms. The summed E-state index contributed by atoms with van der Waals surface area (Å²) in [5.74, 6) is -0.750. The van der Waals surface area contributed by atoms with Crippen LogP contribution in [-0.4, -0.2) is 29.3 Å². The third-order valence-corrected chi connectivity index (χ3v) is 7.16. The number of aromatic nitrogens is 1. The second kappa shape index (κ2) is 11.8. The molecule has 5 nitrogen and oxygen atoms in total. The van der Waals surface area contributed by atoms with Crippen LogP contribution >= 0.6 is 0 Å². The van der Waals surface area contributed by atoms with Crippen molar-refractivity contribution in [2.24, 2.45) is 0 Å². The Morgan fingerprint density at radius 3 is 2.43 bits per heavy atom. The lowest BCUT2D eigenvalue weighted by atomic mass is 9.87. The molecule has 37 heavy (non-hydrogen) atoms. The summed E-state index contributed by atoms with van der Waals surface area (Å²) >= 11 is 0. The quantitative estimate of drug-likeness (QED) is 0.392. The molecule has 2 unspecified atom stereocenters. The van der Waals surface area contributed by atoms with E-state index >= 15 is 4.39 Å². The average Bonchev–Trinajstić information content (AvgIpc) is 3.42. The van der Waals surface area contributed by atoms with Gasteiger partial charge in [-0.2, -0.15) is 0 Å². The highest BCUT2D eigenvalue weighted by molar-refractivity contribution is 5.93. The monoisotopic (exact) mass is 501 g/mol. The predicted molar refractivity (Wildman–Crippen MR) is 145 cm³/mol. The standard InChI is InChI=1S/C31H36FN3O2/c1-19(2)24-15-16-25(28(29(24)32)23-9-6-5-7-10-23)30(35-31(37)26-11-8-18-33-26)27(36)17-14-22-13-12-20(3)34-21(22)4/h5-7,9-10,12-13,15-16,19,26,30,33H,8,11,14,17-18H2,1-4H3,(H,35,37). The number of amides is 1. The maximum absolute atomic E-state index is 16.0. The average molecular weight is 502 g/mol. The van der Waals surface area contributed by atoms with E-state index in [-0.39, 0.29) is 35.9 Å². The molecule has 3 aromatic rings. The predicted octanol–water partition coefficient (Wildman–Crippen LogP) is 5.74. The molecule has 6 heteroatoms. The maximum Gasteiger partial charge on any atom is 0.237 e. The molecule has 2 heterocycles. The number of hydrogen-bond donors (Lipinski definition) is 2. The summed E-state index contributed by atoms with van der Waals surface area (Å²) < 4.78 is 16.0. The number of carbonyl (C=O) groups excluding carboxylic acids is 2. The van der Waals surface area contributed by atoms with Crippen LogP contribution in [0.4, 0.5) is 4.39 Å². The van der Waals surface area contributed by atoms with E-state index in [2.05, 4.69) is 15.6 Å². The number of carbonyl (C=O) groups is 2. The number of nitrogens with zero attached hydrogens (tertiary/aromatic N) is 1. The number of rotatable bonds is 9. The molecule has 1 amide bonds. The molecule has 2 aromatic carbocycles. The van der Waals surface area contributed by atoms with Crippen molar-refractivity contribution in [3.63, 3.8) is 0 Å². The number of ketones is 1. The molecule has 2 N–H and O–H groups in total. The van der Waals surface area contributed by atoms with Crippen LogP contribution in [0.25, 0.3) is 11.1 Å². The van der Waals surface area contributed by atoms with E-state index < -0.39 is 6.04 Å². The van der Waals surface area contributed by atoms with Crippen LogP contribution in [0.5, 0.6) is 0 Å². The third-order valence-electron chi connectivity index (χ3n) is 7.16. The Labute approximate surface area is 218 Å². The molecule has 1 fully saturated rings. The van der Waals surface area contributed by atoms with Gasteiger partial charge in [-0.15, -0.1) is 0 Å². The molecule has 0 radical (unpaired) electrons. The molecular formula is C31H36FN3O2. The largest absolute Gasteiger partial charge is 0.341 e. The topological polar surface area (TPSA) is 71.1 Å². The first-order chi connectivity index (χ1) is 17.8. The van der Waals surface area contributed by atoms with Gasteiger partial charge in [0.15, 0.2) is 5.78 Å². The Morgan fingerprint density at radius 2 is 1.78 bits per heavy atom. The second-order valence-corrected chi connectivity index (χ2v) is 10.2. The van der Waals surface area contributed by atoms with Crippen LogP contribution in [0.15, 0.2) is 54.6 Å². The third kappa shape index (κ3) is 6.13. The molecule has 1 aromatic heterocycles. The van der Waals surface area contributed by atoms with Gasteiger partial charge in [0.05, 0.1) is 6.04 Å². The molecule has 0 spiro atoms. The molecule has 2 atom stereocenters. The summed E-state index contributed by atoms with van der Waals surface area (Å²) in [6.07, 6.45) is 2.33. The van der Waals surface area contributed by atoms with Crippen molar-refractivity contribution in [3.05, 3.63) is 88.5 Å². The van der Waals surface area contributed by atoms with Gasteiger partial charge < -0.3 is 10.6 Å². The van der Waals surface area contributed by atoms with Gasteiger partial charge in [-0.1, -0.05) is 62.4 Å². The van der Waals surface area contributed by atoms with E-state index in [1.807, 2.05) is 76.2 Å². The van der Waals surface area contributed by atoms with E-state index in [9.17, 15) is 9.59 Å². The van der Waals surface area contributed by atoms with Crippen molar-refractivity contribution in [1.82, 2.24) is 15.6 Å². The van der Waals surface area contributed by atoms with Crippen molar-refractivity contribution < 1.29 is 14.0 Å². The van der Waals surface area contributed by atoms with E-state index in [1.165, 1.54) is 0 Å². The van der Waals surface area contributed by atoms with Crippen LogP contribution in [-0.2, 0) is 16.0 Å². The van der Waals surface area contributed by atoms with Crippen molar-refractivity contribution in [1.29, 1.82) is 0 Å². The Bertz CT molecular complexity index is 1270. The zero-order valence-electron chi connectivity index (χ0n) is 22.1. The zero-order chi connectivity index (χ0) is 26.5. The lowest BCUT2D eigenvalue weighted by molar-refractivity contribution is -0.129. The van der Waals surface area contributed by atoms with E-state index in [0.717, 1.165) is 29.9 Å². The molecular weight excluding hydrogens is 465 g/mol. The number of halogens is 1. The molecule has 0 aliphatic carbocycles. The van der Waals surface area contributed by atoms with Crippen molar-refractivity contribution in [2.45, 2.75) is 71.4 Å². The number of hydrogen-bond acceptors (Lipinski definition) is 4. The molecule has 4 rings (SSSR count). The van der Waals surface area contributed by atoms with Gasteiger partial charge >= 0.3 is 0 Å². The lowest BCUT2D eigenvalue weighted by Crippen LogP contribution is -2.44. The van der Waals surface area contributed by atoms with Crippen LogP contribution in [0, 0.1) is 19.7 Å². The number of nitrogens with one attached hydrogen (secondary N) is 2. The Morgan fingerprint density at radius 1 is 1.05 bits per heavy atom. The summed E-state index contributed by atoms with van der Waals surface area (Å²) in [5.41, 5.74) is 4.93. The fourth-order valence-corrected chi connectivity index (χ4v) is 5.06. The number of aryl methyl sites for hydroxylation is 3. The van der Waals surface area contributed by atoms with E-state index in [4.69, 9.17) is 0 Å². The smallest absolute Gasteiger partial charge is 0.237 e. The van der Waals surface area contributed by atoms with Gasteiger partial charge in [0.1, 0.15) is 11.9 Å². The minimum atomic E-state index is -0.959. The summed E-state index contributed by atoms with van der Waals surface area (Å²) in [5, 5.41) is 6.19. The zero-order valence-corrected chi connectivity index (χ0v) is 22.1. The van der Waals surface area contributed by atoms with Gasteiger partial charge in [0.25, 0.3) is 0 Å². The van der Waals surface area contributed by atoms with Gasteiger partial charge in [-0.05, 0) is 73.9 Å². The van der Waals surface area contributed by atoms with E-state index in [1.54, 1.807) is 6.07 Å². The van der Waals surface area contributed by atoms with Crippen LogP contribution < -0.4 is 10.6 Å². The van der Waals surface area contributed by atoms with Gasteiger partial charge in [-0.3, -0.25) is 14.6 Å². The second-order valence-electron chi connectivity index (χ2n) is 10.2. The van der Waals surface area contributed by atoms with Crippen molar-refractivity contribution in [2.75, 3.05) is 6.54 Å². The van der Waals surface area contributed by atoms with Crippen LogP contribution in [0.1, 0.15) is 73.1 Å². The minimum absolute atomic E-state index is 0.0278. The fraction of sp³-hybridized carbons (Fsp3) is 0.387. The minimum Gasteiger partial charge on any atom is -0.341 e. The first-order valence-corrected chi connectivity index (χ1v) is 13.1. The first-order valence-electron chi connectivity index (χ1n) is 13.1. The fourth-order valence-electron chi connectivity index (χ4n) is 5.06. The highest BCUT2D eigenvalue weighted by Crippen LogP contribution is 2.36. The van der Waals surface area contributed by atoms with Crippen LogP contribution in [0.2, 0.25) is 0 Å². The highest BCUT2D eigenvalue weighted by Gasteiger charge is 2.31. The van der Waals surface area contributed by atoms with Gasteiger partial charge in [0.2, 0.25) is 5.91 Å². The van der Waals surface area contributed by atoms with E-state index in [0.29, 0.717) is 35.1 Å². The summed E-state index contributed by atoms with van der Waals surface area (Å²) in [6.45, 7) is 8.53. The molecule has 1 saturated heterocycles. The first kappa shape index (κ1) is 26.7. The maximum atomic E-state index is 16.0. The molecule has 1 aliphatic heterocycles. The van der Waals surface area contributed by atoms with Crippen molar-refractivity contribution >= 4 is 11.7 Å². The Balaban J connectivity index is 1.74. The number of benzene rings is 2. The number of pyridine rings is 1. The SMILES string of the molecule is Cc1ccc(CCC(=O)C(NC(=O)C2CCCN2)c2ccc(C(C)C)c(F)c2-c2ccccc2)c(C)n1. The summed E-state index contributed by atoms with van der Waals surface area (Å²) in [7, 11) is 0. The van der Waals surface area contributed by atoms with Gasteiger partial charge in [-0.25, -0.2) is 4.39 Å². The molecule has 0 saturated carbocycles. The Hall–Kier alpha value is -3.38. The highest BCUT2D eigenvalue weighted by atomic mass is 19.1. The van der Waals surface area contributed by atoms with Gasteiger partial charge in [0, 0.05) is 23.4 Å². The number of Topliss-reactive ketones (excluding diaryl/α,β-unsaturated/α-hetero) is 1. The normalized spacial score (nSPS) is 16.1. The summed E-state index contributed by atoms with van der Waals surface area (Å²) in [4.78, 5) is 31.5. The van der Waals surface area contributed by atoms with Crippen molar-refractivity contribution in [3.8, 4) is 11.1 Å².